The highest BCUT2D eigenvalue weighted by Gasteiger charge is 2.19. The Bertz CT molecular complexity index is 885. The van der Waals surface area contributed by atoms with Crippen molar-refractivity contribution in [3.05, 3.63) is 0 Å². The van der Waals surface area contributed by atoms with Gasteiger partial charge >= 0.3 is 17.9 Å². The van der Waals surface area contributed by atoms with Crippen LogP contribution < -0.4 is 0 Å². The van der Waals surface area contributed by atoms with E-state index in [1.807, 2.05) is 0 Å². The fourth-order valence-electron chi connectivity index (χ4n) is 7.81. The van der Waals surface area contributed by atoms with Crippen LogP contribution in [0.15, 0.2) is 0 Å². The molecule has 0 aromatic rings. The monoisotopic (exact) mass is 821 g/mol. The van der Waals surface area contributed by atoms with Crippen LogP contribution in [0.25, 0.3) is 0 Å². The second-order valence-corrected chi connectivity index (χ2v) is 18.8. The molecule has 0 rings (SSSR count). The van der Waals surface area contributed by atoms with Gasteiger partial charge in [0.1, 0.15) is 13.2 Å². The second kappa shape index (κ2) is 44.9. The van der Waals surface area contributed by atoms with Gasteiger partial charge in [0.15, 0.2) is 6.10 Å². The van der Waals surface area contributed by atoms with Crippen molar-refractivity contribution in [2.24, 2.45) is 11.8 Å². The summed E-state index contributed by atoms with van der Waals surface area (Å²) in [6.45, 7) is 11.3. The van der Waals surface area contributed by atoms with E-state index in [1.54, 1.807) is 0 Å². The van der Waals surface area contributed by atoms with E-state index >= 15 is 0 Å². The van der Waals surface area contributed by atoms with Gasteiger partial charge in [-0.2, -0.15) is 0 Å². The SMILES string of the molecule is CCCCCCCCCCCCC(=O)OC[C@@H](COC(=O)CCCCCCCCCCCCCCCCCCCCC(C)C)OC(=O)CCCCCCCCC(C)C. The van der Waals surface area contributed by atoms with Crippen molar-refractivity contribution in [3.8, 4) is 0 Å². The molecule has 6 nitrogen and oxygen atoms in total. The third-order valence-electron chi connectivity index (χ3n) is 11.7. The molecule has 1 atom stereocenters. The maximum Gasteiger partial charge on any atom is 0.306 e. The molecule has 344 valence electrons. The third-order valence-corrected chi connectivity index (χ3v) is 11.7. The number of carbonyl (C=O) groups excluding carboxylic acids is 3. The van der Waals surface area contributed by atoms with Gasteiger partial charge in [0, 0.05) is 19.3 Å². The van der Waals surface area contributed by atoms with E-state index in [0.29, 0.717) is 19.3 Å². The van der Waals surface area contributed by atoms with Gasteiger partial charge in [0.2, 0.25) is 0 Å². The molecule has 0 saturated heterocycles. The zero-order valence-corrected chi connectivity index (χ0v) is 39.7. The highest BCUT2D eigenvalue weighted by molar-refractivity contribution is 5.71. The normalized spacial score (nSPS) is 12.1. The molecule has 0 saturated carbocycles. The Morgan fingerprint density at radius 1 is 0.328 bits per heavy atom. The van der Waals surface area contributed by atoms with E-state index in [4.69, 9.17) is 14.2 Å². The molecule has 0 bridgehead atoms. The number of esters is 3. The van der Waals surface area contributed by atoms with E-state index in [2.05, 4.69) is 34.6 Å². The summed E-state index contributed by atoms with van der Waals surface area (Å²) in [6.07, 6.45) is 45.4. The molecule has 0 aromatic heterocycles. The van der Waals surface area contributed by atoms with Crippen LogP contribution in [-0.4, -0.2) is 37.2 Å². The van der Waals surface area contributed by atoms with Gasteiger partial charge in [-0.15, -0.1) is 0 Å². The van der Waals surface area contributed by atoms with Gasteiger partial charge in [-0.05, 0) is 31.1 Å². The number of unbranched alkanes of at least 4 members (excludes halogenated alkanes) is 31. The van der Waals surface area contributed by atoms with Crippen LogP contribution >= 0.6 is 0 Å². The zero-order chi connectivity index (χ0) is 42.6. The summed E-state index contributed by atoms with van der Waals surface area (Å²) in [7, 11) is 0. The van der Waals surface area contributed by atoms with Gasteiger partial charge in [-0.1, -0.05) is 247 Å². The quantitative estimate of drug-likeness (QED) is 0.0346. The van der Waals surface area contributed by atoms with Gasteiger partial charge < -0.3 is 14.2 Å². The fraction of sp³-hybridized carbons (Fsp3) is 0.942. The largest absolute Gasteiger partial charge is 0.462 e. The molecule has 0 heterocycles. The third kappa shape index (κ3) is 45.5. The molecule has 58 heavy (non-hydrogen) atoms. The first-order valence-corrected chi connectivity index (χ1v) is 25.7. The topological polar surface area (TPSA) is 78.9 Å². The molecule has 0 spiro atoms. The van der Waals surface area contributed by atoms with E-state index in [1.165, 1.54) is 173 Å². The number of carbonyl (C=O) groups is 3. The first kappa shape index (κ1) is 56.4. The molecule has 6 heteroatoms. The smallest absolute Gasteiger partial charge is 0.306 e. The number of hydrogen-bond acceptors (Lipinski definition) is 6. The Balaban J connectivity index is 4.14. The minimum absolute atomic E-state index is 0.0648. The van der Waals surface area contributed by atoms with Crippen LogP contribution in [0.4, 0.5) is 0 Å². The Kier molecular flexibility index (Phi) is 43.7. The molecule has 0 aliphatic rings. The predicted molar refractivity (Wildman–Crippen MR) is 247 cm³/mol. The summed E-state index contributed by atoms with van der Waals surface area (Å²) in [5.74, 6) is 0.762. The molecule has 0 aliphatic heterocycles. The summed E-state index contributed by atoms with van der Waals surface area (Å²) < 4.78 is 16.7. The maximum atomic E-state index is 12.7. The van der Waals surface area contributed by atoms with Crippen molar-refractivity contribution < 1.29 is 28.6 Å². The fourth-order valence-corrected chi connectivity index (χ4v) is 7.81. The highest BCUT2D eigenvalue weighted by atomic mass is 16.6. The lowest BCUT2D eigenvalue weighted by atomic mass is 10.0. The first-order chi connectivity index (χ1) is 28.2. The highest BCUT2D eigenvalue weighted by Crippen LogP contribution is 2.17. The summed E-state index contributed by atoms with van der Waals surface area (Å²) >= 11 is 0. The Hall–Kier alpha value is -1.59. The summed E-state index contributed by atoms with van der Waals surface area (Å²) in [5.41, 5.74) is 0. The van der Waals surface area contributed by atoms with Gasteiger partial charge in [0.05, 0.1) is 0 Å². The van der Waals surface area contributed by atoms with Crippen molar-refractivity contribution in [2.75, 3.05) is 13.2 Å². The van der Waals surface area contributed by atoms with Crippen molar-refractivity contribution >= 4 is 17.9 Å². The van der Waals surface area contributed by atoms with E-state index in [-0.39, 0.29) is 31.1 Å². The number of hydrogen-bond donors (Lipinski definition) is 0. The molecular weight excluding hydrogens is 721 g/mol. The number of ether oxygens (including phenoxy) is 3. The standard InChI is InChI=1S/C52H100O6/c1-6-7-8-9-10-11-23-26-32-37-42-50(53)56-45-49(58-52(55)44-39-34-29-28-31-36-41-48(4)5)46-57-51(54)43-38-33-27-24-21-19-17-15-13-12-14-16-18-20-22-25-30-35-40-47(2)3/h47-49H,6-46H2,1-5H3/t49-/m0/s1. The van der Waals surface area contributed by atoms with Crippen LogP contribution in [0.3, 0.4) is 0 Å². The Labute approximate surface area is 361 Å². The van der Waals surface area contributed by atoms with E-state index in [0.717, 1.165) is 69.6 Å². The van der Waals surface area contributed by atoms with Gasteiger partial charge in [-0.25, -0.2) is 0 Å². The lowest BCUT2D eigenvalue weighted by Crippen LogP contribution is -2.30. The minimum atomic E-state index is -0.761. The van der Waals surface area contributed by atoms with Gasteiger partial charge in [0.25, 0.3) is 0 Å². The van der Waals surface area contributed by atoms with E-state index < -0.39 is 6.10 Å². The first-order valence-electron chi connectivity index (χ1n) is 25.7. The molecular formula is C52H100O6. The molecule has 0 aromatic carbocycles. The Morgan fingerprint density at radius 3 is 0.845 bits per heavy atom. The van der Waals surface area contributed by atoms with Crippen LogP contribution in [0.2, 0.25) is 0 Å². The average molecular weight is 821 g/mol. The lowest BCUT2D eigenvalue weighted by molar-refractivity contribution is -0.167. The van der Waals surface area contributed by atoms with Crippen molar-refractivity contribution in [1.82, 2.24) is 0 Å². The lowest BCUT2D eigenvalue weighted by Gasteiger charge is -2.18. The van der Waals surface area contributed by atoms with Crippen LogP contribution in [0.1, 0.15) is 285 Å². The van der Waals surface area contributed by atoms with Crippen molar-refractivity contribution in [3.63, 3.8) is 0 Å². The predicted octanol–water partition coefficient (Wildman–Crippen LogP) is 16.5. The second-order valence-electron chi connectivity index (χ2n) is 18.8. The van der Waals surface area contributed by atoms with Crippen molar-refractivity contribution in [1.29, 1.82) is 0 Å². The molecule has 0 N–H and O–H groups in total. The maximum absolute atomic E-state index is 12.7. The number of rotatable bonds is 46. The Morgan fingerprint density at radius 2 is 0.569 bits per heavy atom. The summed E-state index contributed by atoms with van der Waals surface area (Å²) in [4.78, 5) is 37.8. The van der Waals surface area contributed by atoms with Crippen LogP contribution in [0, 0.1) is 11.8 Å². The minimum Gasteiger partial charge on any atom is -0.462 e. The average Bonchev–Trinajstić information content (AvgIpc) is 3.19. The van der Waals surface area contributed by atoms with Gasteiger partial charge in [-0.3, -0.25) is 14.4 Å². The van der Waals surface area contributed by atoms with E-state index in [9.17, 15) is 14.4 Å². The summed E-state index contributed by atoms with van der Waals surface area (Å²) in [5, 5.41) is 0. The van der Waals surface area contributed by atoms with Crippen molar-refractivity contribution in [2.45, 2.75) is 291 Å². The zero-order valence-electron chi connectivity index (χ0n) is 39.7. The molecule has 0 unspecified atom stereocenters. The molecule has 0 fully saturated rings. The molecule has 0 aliphatic carbocycles. The summed E-state index contributed by atoms with van der Waals surface area (Å²) in [6, 6.07) is 0. The molecule has 0 amide bonds. The van der Waals surface area contributed by atoms with Crippen LogP contribution in [0.5, 0.6) is 0 Å². The van der Waals surface area contributed by atoms with Crippen LogP contribution in [-0.2, 0) is 28.6 Å². The molecule has 0 radical (unpaired) electrons.